The monoisotopic (exact) mass is 322 g/mol. The third-order valence-electron chi connectivity index (χ3n) is 4.39. The number of hydrogen-bond acceptors (Lipinski definition) is 2. The molecule has 0 radical (unpaired) electrons. The van der Waals surface area contributed by atoms with Crippen LogP contribution in [0.5, 0.6) is 0 Å². The van der Waals surface area contributed by atoms with E-state index < -0.39 is 0 Å². The first kappa shape index (κ1) is 14.3. The van der Waals surface area contributed by atoms with Crippen molar-refractivity contribution < 1.29 is 4.79 Å². The molecule has 2 aromatic heterocycles. The minimum absolute atomic E-state index is 0.0201. The number of amides is 1. The highest BCUT2D eigenvalue weighted by molar-refractivity contribution is 7.12. The first-order valence-corrected chi connectivity index (χ1v) is 8.68. The summed E-state index contributed by atoms with van der Waals surface area (Å²) in [6.45, 7) is 3.68. The number of hydrogen-bond donors (Lipinski definition) is 0. The van der Waals surface area contributed by atoms with Crippen LogP contribution in [0.4, 0.5) is 0 Å². The maximum atomic E-state index is 13.0. The molecule has 23 heavy (non-hydrogen) atoms. The van der Waals surface area contributed by atoms with Gasteiger partial charge in [-0.25, -0.2) is 0 Å². The van der Waals surface area contributed by atoms with E-state index in [-0.39, 0.29) is 11.9 Å². The summed E-state index contributed by atoms with van der Waals surface area (Å²) in [6.07, 6.45) is 2.10. The zero-order valence-electron chi connectivity index (χ0n) is 13.0. The molecule has 0 saturated heterocycles. The molecule has 0 N–H and O–H groups in total. The number of aromatic nitrogens is 1. The highest BCUT2D eigenvalue weighted by Crippen LogP contribution is 2.34. The molecule has 1 aliphatic rings. The number of carbonyl (C=O) groups is 1. The molecule has 0 fully saturated rings. The van der Waals surface area contributed by atoms with Gasteiger partial charge in [-0.05, 0) is 36.1 Å². The summed E-state index contributed by atoms with van der Waals surface area (Å²) >= 11 is 1.51. The second-order valence-electron chi connectivity index (χ2n) is 5.92. The van der Waals surface area contributed by atoms with E-state index in [0.717, 1.165) is 18.0 Å². The third-order valence-corrected chi connectivity index (χ3v) is 5.25. The molecule has 1 amide bonds. The van der Waals surface area contributed by atoms with Gasteiger partial charge in [-0.1, -0.05) is 35.9 Å². The normalized spacial score (nSPS) is 17.1. The summed E-state index contributed by atoms with van der Waals surface area (Å²) in [6, 6.07) is 16.5. The summed E-state index contributed by atoms with van der Waals surface area (Å²) in [5.41, 5.74) is 3.58. The molecule has 1 aliphatic heterocycles. The van der Waals surface area contributed by atoms with Crippen molar-refractivity contribution in [1.82, 2.24) is 9.47 Å². The lowest BCUT2D eigenvalue weighted by molar-refractivity contribution is 0.0669. The molecule has 3 aromatic rings. The van der Waals surface area contributed by atoms with E-state index in [2.05, 4.69) is 54.1 Å². The SMILES string of the molecule is Cc1cccc(C2c3cccn3CCN2C(=O)c2cccs2)c1. The molecule has 0 bridgehead atoms. The summed E-state index contributed by atoms with van der Waals surface area (Å²) < 4.78 is 2.26. The van der Waals surface area contributed by atoms with Crippen molar-refractivity contribution in [2.45, 2.75) is 19.5 Å². The van der Waals surface area contributed by atoms with Crippen LogP contribution in [0, 0.1) is 6.92 Å². The van der Waals surface area contributed by atoms with Gasteiger partial charge >= 0.3 is 0 Å². The molecule has 4 rings (SSSR count). The summed E-state index contributed by atoms with van der Waals surface area (Å²) in [4.78, 5) is 15.8. The zero-order chi connectivity index (χ0) is 15.8. The van der Waals surface area contributed by atoms with Gasteiger partial charge in [-0.15, -0.1) is 11.3 Å². The Morgan fingerprint density at radius 1 is 1.13 bits per heavy atom. The quantitative estimate of drug-likeness (QED) is 0.697. The predicted molar refractivity (Wildman–Crippen MR) is 92.8 cm³/mol. The van der Waals surface area contributed by atoms with Gasteiger partial charge in [0.05, 0.1) is 10.9 Å². The largest absolute Gasteiger partial charge is 0.348 e. The first-order valence-electron chi connectivity index (χ1n) is 7.80. The molecule has 0 saturated carbocycles. The molecule has 1 unspecified atom stereocenters. The maximum absolute atomic E-state index is 13.0. The van der Waals surface area contributed by atoms with Gasteiger partial charge in [-0.2, -0.15) is 0 Å². The number of benzene rings is 1. The highest BCUT2D eigenvalue weighted by atomic mass is 32.1. The van der Waals surface area contributed by atoms with Gasteiger partial charge in [0.2, 0.25) is 0 Å². The average Bonchev–Trinajstić information content (AvgIpc) is 3.24. The van der Waals surface area contributed by atoms with Crippen LogP contribution in [0.15, 0.2) is 60.1 Å². The maximum Gasteiger partial charge on any atom is 0.264 e. The number of rotatable bonds is 2. The topological polar surface area (TPSA) is 25.2 Å². The fourth-order valence-corrected chi connectivity index (χ4v) is 4.01. The second kappa shape index (κ2) is 5.70. The van der Waals surface area contributed by atoms with Crippen LogP contribution in [0.25, 0.3) is 0 Å². The molecular formula is C19H18N2OS. The van der Waals surface area contributed by atoms with Crippen molar-refractivity contribution in [1.29, 1.82) is 0 Å². The number of thiophene rings is 1. The second-order valence-corrected chi connectivity index (χ2v) is 6.87. The average molecular weight is 322 g/mol. The number of carbonyl (C=O) groups excluding carboxylic acids is 1. The highest BCUT2D eigenvalue weighted by Gasteiger charge is 2.32. The first-order chi connectivity index (χ1) is 11.2. The van der Waals surface area contributed by atoms with Gasteiger partial charge in [0.1, 0.15) is 0 Å². The van der Waals surface area contributed by atoms with Crippen LogP contribution < -0.4 is 0 Å². The number of fused-ring (bicyclic) bond motifs is 1. The summed E-state index contributed by atoms with van der Waals surface area (Å²) in [5, 5.41) is 1.96. The fourth-order valence-electron chi connectivity index (χ4n) is 3.33. The number of nitrogens with zero attached hydrogens (tertiary/aromatic N) is 2. The van der Waals surface area contributed by atoms with Gasteiger partial charge in [0, 0.05) is 25.0 Å². The van der Waals surface area contributed by atoms with Crippen LogP contribution in [0.1, 0.15) is 32.5 Å². The van der Waals surface area contributed by atoms with Crippen LogP contribution in [0.3, 0.4) is 0 Å². The minimum atomic E-state index is -0.0201. The van der Waals surface area contributed by atoms with Crippen molar-refractivity contribution in [3.8, 4) is 0 Å². The van der Waals surface area contributed by atoms with Crippen LogP contribution >= 0.6 is 11.3 Å². The molecule has 3 heterocycles. The lowest BCUT2D eigenvalue weighted by atomic mass is 9.98. The Morgan fingerprint density at radius 3 is 2.83 bits per heavy atom. The Labute approximate surface area is 139 Å². The molecule has 116 valence electrons. The molecule has 0 aliphatic carbocycles. The Morgan fingerprint density at radius 2 is 2.04 bits per heavy atom. The van der Waals surface area contributed by atoms with Gasteiger partial charge in [0.25, 0.3) is 5.91 Å². The molecular weight excluding hydrogens is 304 g/mol. The fraction of sp³-hybridized carbons (Fsp3) is 0.211. The number of aryl methyl sites for hydroxylation is 1. The van der Waals surface area contributed by atoms with Gasteiger partial charge in [-0.3, -0.25) is 4.79 Å². The van der Waals surface area contributed by atoms with E-state index in [1.54, 1.807) is 0 Å². The Bertz CT molecular complexity index is 835. The standard InChI is InChI=1S/C19H18N2OS/c1-14-5-2-6-15(13-14)18-16-7-3-9-20(16)10-11-21(18)19(22)17-8-4-12-23-17/h2-9,12-13,18H,10-11H2,1H3. The van der Waals surface area contributed by atoms with E-state index in [9.17, 15) is 4.79 Å². The van der Waals surface area contributed by atoms with E-state index in [1.165, 1.54) is 28.2 Å². The molecule has 1 atom stereocenters. The lowest BCUT2D eigenvalue weighted by Crippen LogP contribution is -2.42. The molecule has 0 spiro atoms. The smallest absolute Gasteiger partial charge is 0.264 e. The Balaban J connectivity index is 1.81. The van der Waals surface area contributed by atoms with E-state index in [4.69, 9.17) is 0 Å². The van der Waals surface area contributed by atoms with Gasteiger partial charge < -0.3 is 9.47 Å². The van der Waals surface area contributed by atoms with Crippen molar-refractivity contribution in [2.75, 3.05) is 6.54 Å². The van der Waals surface area contributed by atoms with Crippen molar-refractivity contribution in [3.05, 3.63) is 81.8 Å². The molecule has 3 nitrogen and oxygen atoms in total. The summed E-state index contributed by atoms with van der Waals surface area (Å²) in [5.74, 6) is 0.124. The van der Waals surface area contributed by atoms with Crippen molar-refractivity contribution >= 4 is 17.2 Å². The summed E-state index contributed by atoms with van der Waals surface area (Å²) in [7, 11) is 0. The Kier molecular flexibility index (Phi) is 3.54. The van der Waals surface area contributed by atoms with Gasteiger partial charge in [0.15, 0.2) is 0 Å². The van der Waals surface area contributed by atoms with Crippen molar-refractivity contribution in [3.63, 3.8) is 0 Å². The third kappa shape index (κ3) is 2.49. The zero-order valence-corrected chi connectivity index (χ0v) is 13.8. The van der Waals surface area contributed by atoms with Crippen LogP contribution in [0.2, 0.25) is 0 Å². The Hall–Kier alpha value is -2.33. The predicted octanol–water partition coefficient (Wildman–Crippen LogP) is 4.10. The lowest BCUT2D eigenvalue weighted by Gasteiger charge is -2.37. The molecule has 4 heteroatoms. The van der Waals surface area contributed by atoms with E-state index >= 15 is 0 Å². The van der Waals surface area contributed by atoms with Crippen LogP contribution in [-0.4, -0.2) is 21.9 Å². The van der Waals surface area contributed by atoms with E-state index in [0.29, 0.717) is 0 Å². The van der Waals surface area contributed by atoms with Crippen LogP contribution in [-0.2, 0) is 6.54 Å². The minimum Gasteiger partial charge on any atom is -0.348 e. The van der Waals surface area contributed by atoms with Crippen molar-refractivity contribution in [2.24, 2.45) is 0 Å². The van der Waals surface area contributed by atoms with E-state index in [1.807, 2.05) is 22.4 Å². The molecule has 1 aromatic carbocycles.